The normalized spacial score (nSPS) is 21.9. The lowest BCUT2D eigenvalue weighted by Crippen LogP contribution is -2.36. The van der Waals surface area contributed by atoms with Crippen LogP contribution in [0.5, 0.6) is 5.75 Å². The molecular weight excluding hydrogens is 473 g/mol. The highest BCUT2D eigenvalue weighted by molar-refractivity contribution is 7.75. The van der Waals surface area contributed by atoms with Gasteiger partial charge >= 0.3 is 5.97 Å². The Labute approximate surface area is 214 Å². The van der Waals surface area contributed by atoms with Gasteiger partial charge in [-0.1, -0.05) is 45.4 Å². The molecule has 1 aliphatic carbocycles. The maximum absolute atomic E-state index is 15.4. The van der Waals surface area contributed by atoms with Crippen LogP contribution in [0, 0.1) is 17.8 Å². The Kier molecular flexibility index (Phi) is 7.96. The number of ether oxygens (including phenoxy) is 2. The summed E-state index contributed by atoms with van der Waals surface area (Å²) in [5, 5.41) is 1.65. The Morgan fingerprint density at radius 2 is 1.86 bits per heavy atom. The molecule has 0 N–H and O–H groups in total. The highest BCUT2D eigenvalue weighted by Gasteiger charge is 2.43. The average molecular weight is 512 g/mol. The molecule has 1 saturated carbocycles. The van der Waals surface area contributed by atoms with Gasteiger partial charge in [0.25, 0.3) is 7.37 Å². The van der Waals surface area contributed by atoms with Gasteiger partial charge in [0.2, 0.25) is 0 Å². The third-order valence-electron chi connectivity index (χ3n) is 7.48. The first-order chi connectivity index (χ1) is 17.2. The smallest absolute Gasteiger partial charge is 0.355 e. The zero-order valence-electron chi connectivity index (χ0n) is 22.2. The van der Waals surface area contributed by atoms with E-state index in [1.54, 1.807) is 25.6 Å². The maximum Gasteiger partial charge on any atom is 0.355 e. The summed E-state index contributed by atoms with van der Waals surface area (Å²) in [6.07, 6.45) is 2.82. The zero-order valence-corrected chi connectivity index (χ0v) is 23.1. The molecule has 0 amide bonds. The van der Waals surface area contributed by atoms with Gasteiger partial charge in [-0.3, -0.25) is 4.57 Å². The van der Waals surface area contributed by atoms with Crippen LogP contribution in [0.3, 0.4) is 0 Å². The van der Waals surface area contributed by atoms with Crippen molar-refractivity contribution in [3.63, 3.8) is 0 Å². The monoisotopic (exact) mass is 511 g/mol. The molecule has 194 valence electrons. The molecule has 1 aromatic heterocycles. The molecule has 0 radical (unpaired) electrons. The van der Waals surface area contributed by atoms with E-state index in [0.717, 1.165) is 24.8 Å². The first-order valence-corrected chi connectivity index (χ1v) is 14.5. The van der Waals surface area contributed by atoms with Gasteiger partial charge in [-0.05, 0) is 67.9 Å². The second kappa shape index (κ2) is 10.8. The van der Waals surface area contributed by atoms with Gasteiger partial charge in [0.05, 0.1) is 25.1 Å². The van der Waals surface area contributed by atoms with Gasteiger partial charge in [0, 0.05) is 23.3 Å². The van der Waals surface area contributed by atoms with E-state index >= 15 is 4.57 Å². The zero-order chi connectivity index (χ0) is 26.0. The number of methoxy groups -OCH3 is 1. The number of hydrogen-bond donors (Lipinski definition) is 0. The molecule has 0 saturated heterocycles. The predicted molar refractivity (Wildman–Crippen MR) is 145 cm³/mol. The summed E-state index contributed by atoms with van der Waals surface area (Å²) in [7, 11) is -0.341. The van der Waals surface area contributed by atoms with Crippen LogP contribution in [0.25, 0.3) is 10.9 Å². The molecule has 1 fully saturated rings. The van der Waals surface area contributed by atoms with Crippen LogP contribution >= 0.6 is 7.37 Å². The second-order valence-electron chi connectivity index (χ2n) is 10.2. The number of aryl methyl sites for hydroxylation is 1. The number of nitrogens with zero attached hydrogens (tertiary/aromatic N) is 1. The van der Waals surface area contributed by atoms with Crippen molar-refractivity contribution >= 4 is 34.9 Å². The summed E-state index contributed by atoms with van der Waals surface area (Å²) >= 11 is 0. The van der Waals surface area contributed by atoms with Crippen LogP contribution in [-0.2, 0) is 20.9 Å². The van der Waals surface area contributed by atoms with Crippen LogP contribution < -0.4 is 15.3 Å². The van der Waals surface area contributed by atoms with Crippen LogP contribution in [0.1, 0.15) is 57.4 Å². The van der Waals surface area contributed by atoms with Gasteiger partial charge < -0.3 is 18.6 Å². The number of benzene rings is 2. The molecule has 36 heavy (non-hydrogen) atoms. The number of carbonyl (C=O) groups excluding carboxylic acids is 1. The van der Waals surface area contributed by atoms with E-state index in [1.807, 2.05) is 48.5 Å². The molecule has 7 heteroatoms. The Bertz CT molecular complexity index is 1270. The Morgan fingerprint density at radius 3 is 2.50 bits per heavy atom. The maximum atomic E-state index is 15.4. The van der Waals surface area contributed by atoms with Crippen molar-refractivity contribution in [1.29, 1.82) is 0 Å². The van der Waals surface area contributed by atoms with Crippen molar-refractivity contribution in [1.82, 2.24) is 4.57 Å². The van der Waals surface area contributed by atoms with Gasteiger partial charge in [0.15, 0.2) is 0 Å². The minimum atomic E-state index is -3.74. The molecule has 6 nitrogen and oxygen atoms in total. The van der Waals surface area contributed by atoms with Crippen molar-refractivity contribution in [2.75, 3.05) is 13.7 Å². The number of fused-ring (bicyclic) bond motifs is 1. The van der Waals surface area contributed by atoms with Gasteiger partial charge in [-0.15, -0.1) is 0 Å². The number of carbonyl (C=O) groups is 1. The topological polar surface area (TPSA) is 66.8 Å². The fourth-order valence-electron chi connectivity index (χ4n) is 5.56. The third kappa shape index (κ3) is 4.86. The van der Waals surface area contributed by atoms with E-state index in [1.165, 1.54) is 0 Å². The molecule has 4 rings (SSSR count). The van der Waals surface area contributed by atoms with Crippen molar-refractivity contribution in [2.24, 2.45) is 24.8 Å². The fraction of sp³-hybridized carbons (Fsp3) is 0.483. The minimum absolute atomic E-state index is 0.185. The average Bonchev–Trinajstić information content (AvgIpc) is 3.16. The lowest BCUT2D eigenvalue weighted by molar-refractivity contribution is 0.0495. The van der Waals surface area contributed by atoms with Crippen LogP contribution in [0.2, 0.25) is 0 Å². The molecule has 4 atom stereocenters. The summed E-state index contributed by atoms with van der Waals surface area (Å²) in [5.74, 6) is 1.27. The lowest BCUT2D eigenvalue weighted by atomic mass is 9.75. The van der Waals surface area contributed by atoms with Crippen LogP contribution in [0.15, 0.2) is 48.5 Å². The van der Waals surface area contributed by atoms with E-state index in [2.05, 4.69) is 20.8 Å². The van der Waals surface area contributed by atoms with E-state index < -0.39 is 13.3 Å². The Hall–Kier alpha value is -2.56. The highest BCUT2D eigenvalue weighted by atomic mass is 31.2. The molecule has 0 bridgehead atoms. The molecule has 1 aliphatic rings. The quantitative estimate of drug-likeness (QED) is 0.271. The van der Waals surface area contributed by atoms with E-state index in [4.69, 9.17) is 14.0 Å². The Morgan fingerprint density at radius 1 is 1.14 bits per heavy atom. The molecule has 1 heterocycles. The number of aromatic nitrogens is 1. The van der Waals surface area contributed by atoms with Crippen molar-refractivity contribution < 1.29 is 23.4 Å². The number of esters is 1. The van der Waals surface area contributed by atoms with E-state index in [-0.39, 0.29) is 24.3 Å². The summed E-state index contributed by atoms with van der Waals surface area (Å²) in [4.78, 5) is 13.4. The standard InChI is InChI=1S/C29H38NO5P/c1-7-34-29(31)27-28(24-18-21(33-6)14-16-25(24)30(27)5)36(32,22-11-9-8-10-12-22)35-26-17-20(4)13-15-23(26)19(2)3/h8-12,14,16,18-20,23,26H,7,13,15,17H2,1-6H3/t20-,23-,26+,36?/m0/s1. The number of rotatable bonds is 8. The third-order valence-corrected chi connectivity index (χ3v) is 10.1. The summed E-state index contributed by atoms with van der Waals surface area (Å²) in [6.45, 7) is 8.63. The van der Waals surface area contributed by atoms with Gasteiger partial charge in [-0.25, -0.2) is 4.79 Å². The van der Waals surface area contributed by atoms with Crippen molar-refractivity contribution in [2.45, 2.75) is 53.1 Å². The van der Waals surface area contributed by atoms with Gasteiger partial charge in [-0.2, -0.15) is 0 Å². The first-order valence-electron chi connectivity index (χ1n) is 12.9. The molecular formula is C29H38NO5P. The largest absolute Gasteiger partial charge is 0.497 e. The van der Waals surface area contributed by atoms with Gasteiger partial charge in [0.1, 0.15) is 11.4 Å². The van der Waals surface area contributed by atoms with Crippen molar-refractivity contribution in [3.8, 4) is 5.75 Å². The molecule has 0 aliphatic heterocycles. The fourth-order valence-corrected chi connectivity index (χ4v) is 8.25. The predicted octanol–water partition coefficient (Wildman–Crippen LogP) is 6.07. The van der Waals surface area contributed by atoms with Crippen LogP contribution in [-0.4, -0.2) is 30.4 Å². The van der Waals surface area contributed by atoms with E-state index in [0.29, 0.717) is 33.6 Å². The van der Waals surface area contributed by atoms with Crippen molar-refractivity contribution in [3.05, 3.63) is 54.2 Å². The molecule has 1 unspecified atom stereocenters. The molecule has 3 aromatic rings. The summed E-state index contributed by atoms with van der Waals surface area (Å²) < 4.78 is 35.0. The first kappa shape index (κ1) is 26.5. The lowest BCUT2D eigenvalue weighted by Gasteiger charge is -2.39. The SMILES string of the molecule is CCOC(=O)c1c(P(=O)(O[C@@H]2C[C@@H](C)CC[C@H]2C(C)C)c2ccccc2)c2cc(OC)ccc2n1C. The summed E-state index contributed by atoms with van der Waals surface area (Å²) in [6, 6.07) is 14.9. The number of hydrogen-bond acceptors (Lipinski definition) is 5. The Balaban J connectivity index is 2.01. The second-order valence-corrected chi connectivity index (χ2v) is 12.5. The van der Waals surface area contributed by atoms with E-state index in [9.17, 15) is 4.79 Å². The minimum Gasteiger partial charge on any atom is -0.497 e. The highest BCUT2D eigenvalue weighted by Crippen LogP contribution is 2.53. The van der Waals surface area contributed by atoms with Crippen LogP contribution in [0.4, 0.5) is 0 Å². The summed E-state index contributed by atoms with van der Waals surface area (Å²) in [5.41, 5.74) is 1.03. The molecule has 2 aromatic carbocycles. The molecule has 0 spiro atoms.